The second-order valence-electron chi connectivity index (χ2n) is 5.39. The highest BCUT2D eigenvalue weighted by Crippen LogP contribution is 2.35. The Labute approximate surface area is 101 Å². The van der Waals surface area contributed by atoms with Gasteiger partial charge in [0.15, 0.2) is 0 Å². The molecule has 1 aliphatic carbocycles. The van der Waals surface area contributed by atoms with Crippen molar-refractivity contribution in [2.24, 2.45) is 11.3 Å². The Balaban J connectivity index is 1.81. The van der Waals surface area contributed by atoms with Gasteiger partial charge in [0, 0.05) is 31.6 Å². The maximum atomic E-state index is 5.46. The van der Waals surface area contributed by atoms with Crippen LogP contribution in [0.5, 0.6) is 0 Å². The normalized spacial score (nSPS) is 25.8. The number of alkyl halides is 1. The number of ether oxygens (including phenoxy) is 1. The minimum absolute atomic E-state index is 0.474. The zero-order chi connectivity index (χ0) is 10.7. The van der Waals surface area contributed by atoms with Crippen molar-refractivity contribution in [2.75, 3.05) is 38.7 Å². The minimum atomic E-state index is 0.474. The first-order valence-corrected chi connectivity index (χ1v) is 7.18. The first kappa shape index (κ1) is 11.9. The molecule has 0 aromatic rings. The van der Waals surface area contributed by atoms with Gasteiger partial charge in [-0.3, -0.25) is 0 Å². The largest absolute Gasteiger partial charge is 0.381 e. The Morgan fingerprint density at radius 2 is 2.00 bits per heavy atom. The number of hydrogen-bond acceptors (Lipinski definition) is 2. The average Bonchev–Trinajstić information content (AvgIpc) is 3.03. The molecule has 2 aliphatic rings. The summed E-state index contributed by atoms with van der Waals surface area (Å²) in [4.78, 5) is 2.53. The monoisotopic (exact) mass is 275 g/mol. The molecular formula is C12H22BrNO. The van der Waals surface area contributed by atoms with Crippen LogP contribution in [0.1, 0.15) is 25.7 Å². The molecule has 0 radical (unpaired) electrons. The van der Waals surface area contributed by atoms with E-state index < -0.39 is 0 Å². The van der Waals surface area contributed by atoms with Gasteiger partial charge in [-0.1, -0.05) is 15.9 Å². The lowest BCUT2D eigenvalue weighted by atomic mass is 9.82. The van der Waals surface area contributed by atoms with Gasteiger partial charge in [0.2, 0.25) is 0 Å². The van der Waals surface area contributed by atoms with E-state index in [2.05, 4.69) is 27.9 Å². The standard InChI is InChI=1S/C12H22BrNO/c1-14(8-11-2-3-11)10-12(9-13)4-6-15-7-5-12/h11H,2-10H2,1H3. The molecule has 0 spiro atoms. The Morgan fingerprint density at radius 1 is 1.33 bits per heavy atom. The lowest BCUT2D eigenvalue weighted by Gasteiger charge is -2.38. The van der Waals surface area contributed by atoms with E-state index in [1.165, 1.54) is 38.8 Å². The Morgan fingerprint density at radius 3 is 2.53 bits per heavy atom. The van der Waals surface area contributed by atoms with Crippen molar-refractivity contribution < 1.29 is 4.74 Å². The predicted octanol–water partition coefficient (Wildman–Crippen LogP) is 2.52. The molecule has 0 aromatic carbocycles. The maximum absolute atomic E-state index is 5.46. The van der Waals surface area contributed by atoms with Crippen molar-refractivity contribution in [3.05, 3.63) is 0 Å². The van der Waals surface area contributed by atoms with E-state index in [1.54, 1.807) is 0 Å². The highest BCUT2D eigenvalue weighted by Gasteiger charge is 2.34. The van der Waals surface area contributed by atoms with Crippen molar-refractivity contribution in [3.8, 4) is 0 Å². The third-order valence-corrected chi connectivity index (χ3v) is 4.90. The summed E-state index contributed by atoms with van der Waals surface area (Å²) in [6.07, 6.45) is 5.34. The van der Waals surface area contributed by atoms with Crippen molar-refractivity contribution >= 4 is 15.9 Å². The molecule has 0 N–H and O–H groups in total. The van der Waals surface area contributed by atoms with Gasteiger partial charge in [-0.05, 0) is 44.1 Å². The van der Waals surface area contributed by atoms with Gasteiger partial charge in [-0.15, -0.1) is 0 Å². The molecule has 1 heterocycles. The zero-order valence-corrected chi connectivity index (χ0v) is 11.3. The van der Waals surface area contributed by atoms with Gasteiger partial charge in [0.05, 0.1) is 0 Å². The summed E-state index contributed by atoms with van der Waals surface area (Å²) < 4.78 is 5.46. The van der Waals surface area contributed by atoms with Crippen LogP contribution in [0, 0.1) is 11.3 Å². The topological polar surface area (TPSA) is 12.5 Å². The van der Waals surface area contributed by atoms with Crippen LogP contribution in [0.4, 0.5) is 0 Å². The van der Waals surface area contributed by atoms with E-state index in [0.717, 1.165) is 24.5 Å². The van der Waals surface area contributed by atoms with E-state index in [0.29, 0.717) is 5.41 Å². The van der Waals surface area contributed by atoms with E-state index in [4.69, 9.17) is 4.74 Å². The fourth-order valence-corrected chi connectivity index (χ4v) is 3.25. The van der Waals surface area contributed by atoms with Crippen LogP contribution >= 0.6 is 15.9 Å². The summed E-state index contributed by atoms with van der Waals surface area (Å²) in [7, 11) is 2.28. The third-order valence-electron chi connectivity index (χ3n) is 3.71. The molecule has 0 aromatic heterocycles. The average molecular weight is 276 g/mol. The van der Waals surface area contributed by atoms with Crippen molar-refractivity contribution in [1.29, 1.82) is 0 Å². The second-order valence-corrected chi connectivity index (χ2v) is 5.95. The van der Waals surface area contributed by atoms with Gasteiger partial charge in [-0.2, -0.15) is 0 Å². The molecule has 0 atom stereocenters. The molecule has 88 valence electrons. The SMILES string of the molecule is CN(CC1CC1)CC1(CBr)CCOCC1. The van der Waals surface area contributed by atoms with E-state index in [-0.39, 0.29) is 0 Å². The molecule has 0 unspecified atom stereocenters. The lowest BCUT2D eigenvalue weighted by Crippen LogP contribution is -2.41. The minimum Gasteiger partial charge on any atom is -0.381 e. The van der Waals surface area contributed by atoms with Crippen molar-refractivity contribution in [1.82, 2.24) is 4.90 Å². The summed E-state index contributed by atoms with van der Waals surface area (Å²) in [5.74, 6) is 1.00. The second kappa shape index (κ2) is 5.15. The van der Waals surface area contributed by atoms with Crippen LogP contribution in [0.25, 0.3) is 0 Å². The Kier molecular flexibility index (Phi) is 4.08. The quantitative estimate of drug-likeness (QED) is 0.715. The molecule has 0 amide bonds. The fraction of sp³-hybridized carbons (Fsp3) is 1.00. The van der Waals surface area contributed by atoms with E-state index in [9.17, 15) is 0 Å². The molecule has 1 saturated heterocycles. The maximum Gasteiger partial charge on any atom is 0.0472 e. The Bertz CT molecular complexity index is 200. The number of halogens is 1. The molecule has 2 nitrogen and oxygen atoms in total. The van der Waals surface area contributed by atoms with Crippen LogP contribution in [-0.2, 0) is 4.74 Å². The molecule has 1 saturated carbocycles. The van der Waals surface area contributed by atoms with Gasteiger partial charge >= 0.3 is 0 Å². The van der Waals surface area contributed by atoms with Crippen molar-refractivity contribution in [2.45, 2.75) is 25.7 Å². The number of rotatable bonds is 5. The van der Waals surface area contributed by atoms with Crippen molar-refractivity contribution in [3.63, 3.8) is 0 Å². The van der Waals surface area contributed by atoms with Crippen LogP contribution in [-0.4, -0.2) is 43.6 Å². The van der Waals surface area contributed by atoms with Crippen LogP contribution in [0.3, 0.4) is 0 Å². The summed E-state index contributed by atoms with van der Waals surface area (Å²) in [5, 5.41) is 1.12. The molecule has 15 heavy (non-hydrogen) atoms. The first-order chi connectivity index (χ1) is 7.24. The highest BCUT2D eigenvalue weighted by molar-refractivity contribution is 9.09. The molecule has 1 aliphatic heterocycles. The van der Waals surface area contributed by atoms with Gasteiger partial charge in [0.1, 0.15) is 0 Å². The molecular weight excluding hydrogens is 254 g/mol. The highest BCUT2D eigenvalue weighted by atomic mass is 79.9. The van der Waals surface area contributed by atoms with Gasteiger partial charge in [0.25, 0.3) is 0 Å². The molecule has 3 heteroatoms. The molecule has 0 bridgehead atoms. The van der Waals surface area contributed by atoms with E-state index in [1.807, 2.05) is 0 Å². The summed E-state index contributed by atoms with van der Waals surface area (Å²) in [5.41, 5.74) is 0.474. The first-order valence-electron chi connectivity index (χ1n) is 6.06. The van der Waals surface area contributed by atoms with E-state index >= 15 is 0 Å². The van der Waals surface area contributed by atoms with Gasteiger partial charge < -0.3 is 9.64 Å². The van der Waals surface area contributed by atoms with Gasteiger partial charge in [-0.25, -0.2) is 0 Å². The zero-order valence-electron chi connectivity index (χ0n) is 9.67. The lowest BCUT2D eigenvalue weighted by molar-refractivity contribution is 0.0115. The Hall–Kier alpha value is 0.400. The van der Waals surface area contributed by atoms with Crippen LogP contribution in [0.2, 0.25) is 0 Å². The summed E-state index contributed by atoms with van der Waals surface area (Å²) >= 11 is 3.70. The number of hydrogen-bond donors (Lipinski definition) is 0. The fourth-order valence-electron chi connectivity index (χ4n) is 2.52. The predicted molar refractivity (Wildman–Crippen MR) is 66.5 cm³/mol. The summed E-state index contributed by atoms with van der Waals surface area (Å²) in [6, 6.07) is 0. The number of nitrogens with zero attached hydrogens (tertiary/aromatic N) is 1. The molecule has 2 fully saturated rings. The van der Waals surface area contributed by atoms with Crippen LogP contribution < -0.4 is 0 Å². The third kappa shape index (κ3) is 3.43. The van der Waals surface area contributed by atoms with Crippen LogP contribution in [0.15, 0.2) is 0 Å². The summed E-state index contributed by atoms with van der Waals surface area (Å²) in [6.45, 7) is 4.43. The molecule has 2 rings (SSSR count). The smallest absolute Gasteiger partial charge is 0.0472 e.